The summed E-state index contributed by atoms with van der Waals surface area (Å²) in [7, 11) is 0. The van der Waals surface area contributed by atoms with Crippen molar-refractivity contribution in [3.63, 3.8) is 0 Å². The Balaban J connectivity index is 2.01. The Morgan fingerprint density at radius 1 is 1.00 bits per heavy atom. The molecule has 1 aromatic heterocycles. The number of aryl methyl sites for hydroxylation is 1. The van der Waals surface area contributed by atoms with Crippen LogP contribution in [0.3, 0.4) is 0 Å². The molecule has 0 aliphatic heterocycles. The van der Waals surface area contributed by atoms with Gasteiger partial charge in [-0.15, -0.1) is 0 Å². The van der Waals surface area contributed by atoms with E-state index in [1.807, 2.05) is 29.0 Å². The van der Waals surface area contributed by atoms with Gasteiger partial charge in [0.25, 0.3) is 0 Å². The zero-order valence-corrected chi connectivity index (χ0v) is 10.5. The SMILES string of the molecule is Cc1cccc2c1ccn2Cc1ccc(F)c(F)c1. The van der Waals surface area contributed by atoms with Gasteiger partial charge in [0.2, 0.25) is 0 Å². The van der Waals surface area contributed by atoms with E-state index < -0.39 is 11.6 Å². The minimum absolute atomic E-state index is 0.532. The monoisotopic (exact) mass is 257 g/mol. The summed E-state index contributed by atoms with van der Waals surface area (Å²) in [6, 6.07) is 12.2. The molecule has 19 heavy (non-hydrogen) atoms. The van der Waals surface area contributed by atoms with E-state index in [1.54, 1.807) is 6.07 Å². The van der Waals surface area contributed by atoms with E-state index in [0.29, 0.717) is 6.54 Å². The Morgan fingerprint density at radius 2 is 1.84 bits per heavy atom. The first-order chi connectivity index (χ1) is 9.15. The average molecular weight is 257 g/mol. The average Bonchev–Trinajstić information content (AvgIpc) is 2.79. The van der Waals surface area contributed by atoms with E-state index in [9.17, 15) is 8.78 Å². The van der Waals surface area contributed by atoms with E-state index in [2.05, 4.69) is 13.0 Å². The number of rotatable bonds is 2. The topological polar surface area (TPSA) is 4.93 Å². The maximum absolute atomic E-state index is 13.2. The summed E-state index contributed by atoms with van der Waals surface area (Å²) < 4.78 is 28.1. The fourth-order valence-electron chi connectivity index (χ4n) is 2.35. The summed E-state index contributed by atoms with van der Waals surface area (Å²) in [5.41, 5.74) is 3.06. The molecule has 3 heteroatoms. The van der Waals surface area contributed by atoms with Gasteiger partial charge < -0.3 is 4.57 Å². The minimum Gasteiger partial charge on any atom is -0.343 e. The molecule has 0 atom stereocenters. The lowest BCUT2D eigenvalue weighted by Gasteiger charge is -2.07. The van der Waals surface area contributed by atoms with E-state index in [0.717, 1.165) is 11.1 Å². The lowest BCUT2D eigenvalue weighted by molar-refractivity contribution is 0.506. The molecule has 1 nitrogen and oxygen atoms in total. The van der Waals surface area contributed by atoms with Crippen LogP contribution in [-0.2, 0) is 6.54 Å². The van der Waals surface area contributed by atoms with Crippen LogP contribution in [0.5, 0.6) is 0 Å². The summed E-state index contributed by atoms with van der Waals surface area (Å²) in [5, 5.41) is 1.19. The van der Waals surface area contributed by atoms with Crippen molar-refractivity contribution >= 4 is 10.9 Å². The normalized spacial score (nSPS) is 11.1. The Morgan fingerprint density at radius 3 is 2.63 bits per heavy atom. The van der Waals surface area contributed by atoms with Gasteiger partial charge in [0.1, 0.15) is 0 Å². The lowest BCUT2D eigenvalue weighted by Crippen LogP contribution is -1.99. The first-order valence-corrected chi connectivity index (χ1v) is 6.13. The molecule has 0 radical (unpaired) electrons. The number of hydrogen-bond donors (Lipinski definition) is 0. The van der Waals surface area contributed by atoms with Gasteiger partial charge in [0.05, 0.1) is 0 Å². The summed E-state index contributed by atoms with van der Waals surface area (Å²) in [4.78, 5) is 0. The molecule has 0 saturated heterocycles. The van der Waals surface area contributed by atoms with Crippen molar-refractivity contribution in [3.05, 3.63) is 71.4 Å². The molecule has 2 aromatic carbocycles. The van der Waals surface area contributed by atoms with Crippen molar-refractivity contribution in [1.82, 2.24) is 4.57 Å². The molecule has 0 fully saturated rings. The lowest BCUT2D eigenvalue weighted by atomic mass is 10.1. The molecular formula is C16H13F2N. The molecule has 0 N–H and O–H groups in total. The Kier molecular flexibility index (Phi) is 2.82. The zero-order chi connectivity index (χ0) is 13.4. The summed E-state index contributed by atoms with van der Waals surface area (Å²) in [5.74, 6) is -1.61. The molecule has 0 aliphatic carbocycles. The maximum atomic E-state index is 13.2. The third kappa shape index (κ3) is 2.12. The van der Waals surface area contributed by atoms with Gasteiger partial charge in [-0.3, -0.25) is 0 Å². The first-order valence-electron chi connectivity index (χ1n) is 6.13. The fourth-order valence-corrected chi connectivity index (χ4v) is 2.35. The van der Waals surface area contributed by atoms with E-state index in [1.165, 1.54) is 23.1 Å². The Labute approximate surface area is 110 Å². The molecule has 0 amide bonds. The predicted molar refractivity (Wildman–Crippen MR) is 72.1 cm³/mol. The quantitative estimate of drug-likeness (QED) is 0.646. The van der Waals surface area contributed by atoms with Gasteiger partial charge in [0.15, 0.2) is 11.6 Å². The second-order valence-corrected chi connectivity index (χ2v) is 4.70. The molecule has 0 spiro atoms. The number of benzene rings is 2. The van der Waals surface area contributed by atoms with Crippen LogP contribution < -0.4 is 0 Å². The van der Waals surface area contributed by atoms with E-state index in [-0.39, 0.29) is 0 Å². The molecule has 1 heterocycles. The van der Waals surface area contributed by atoms with Crippen LogP contribution >= 0.6 is 0 Å². The highest BCUT2D eigenvalue weighted by molar-refractivity contribution is 5.83. The van der Waals surface area contributed by atoms with Crippen LogP contribution in [-0.4, -0.2) is 4.57 Å². The number of fused-ring (bicyclic) bond motifs is 1. The van der Waals surface area contributed by atoms with Crippen molar-refractivity contribution in [2.75, 3.05) is 0 Å². The van der Waals surface area contributed by atoms with Crippen molar-refractivity contribution in [3.8, 4) is 0 Å². The van der Waals surface area contributed by atoms with Gasteiger partial charge >= 0.3 is 0 Å². The van der Waals surface area contributed by atoms with Gasteiger partial charge in [0, 0.05) is 23.6 Å². The highest BCUT2D eigenvalue weighted by atomic mass is 19.2. The highest BCUT2D eigenvalue weighted by Gasteiger charge is 2.06. The molecular weight excluding hydrogens is 244 g/mol. The number of aromatic nitrogens is 1. The number of hydrogen-bond acceptors (Lipinski definition) is 0. The van der Waals surface area contributed by atoms with Gasteiger partial charge in [-0.25, -0.2) is 8.78 Å². The van der Waals surface area contributed by atoms with Crippen molar-refractivity contribution in [2.24, 2.45) is 0 Å². The Hall–Kier alpha value is -2.16. The molecule has 96 valence electrons. The number of halogens is 2. The summed E-state index contributed by atoms with van der Waals surface area (Å²) in [6.45, 7) is 2.59. The first kappa shape index (κ1) is 11.9. The summed E-state index contributed by atoms with van der Waals surface area (Å²) >= 11 is 0. The summed E-state index contributed by atoms with van der Waals surface area (Å²) in [6.07, 6.45) is 1.97. The maximum Gasteiger partial charge on any atom is 0.159 e. The molecule has 0 saturated carbocycles. The molecule has 3 aromatic rings. The second kappa shape index (κ2) is 4.50. The van der Waals surface area contributed by atoms with E-state index in [4.69, 9.17) is 0 Å². The van der Waals surface area contributed by atoms with Crippen LogP contribution in [0.1, 0.15) is 11.1 Å². The standard InChI is InChI=1S/C16H13F2N/c1-11-3-2-4-16-13(11)7-8-19(16)10-12-5-6-14(17)15(18)9-12/h2-9H,10H2,1H3. The number of nitrogens with zero attached hydrogens (tertiary/aromatic N) is 1. The highest BCUT2D eigenvalue weighted by Crippen LogP contribution is 2.21. The molecule has 0 unspecified atom stereocenters. The second-order valence-electron chi connectivity index (χ2n) is 4.70. The van der Waals surface area contributed by atoms with Crippen molar-refractivity contribution in [2.45, 2.75) is 13.5 Å². The van der Waals surface area contributed by atoms with Crippen LogP contribution in [0, 0.1) is 18.6 Å². The predicted octanol–water partition coefficient (Wildman–Crippen LogP) is 4.28. The zero-order valence-electron chi connectivity index (χ0n) is 10.5. The van der Waals surface area contributed by atoms with Gasteiger partial charge in [-0.05, 0) is 42.3 Å². The van der Waals surface area contributed by atoms with Crippen LogP contribution in [0.15, 0.2) is 48.7 Å². The van der Waals surface area contributed by atoms with Crippen LogP contribution in [0.25, 0.3) is 10.9 Å². The minimum atomic E-state index is -0.808. The largest absolute Gasteiger partial charge is 0.343 e. The van der Waals surface area contributed by atoms with Crippen molar-refractivity contribution < 1.29 is 8.78 Å². The molecule has 3 rings (SSSR count). The van der Waals surface area contributed by atoms with E-state index >= 15 is 0 Å². The Bertz CT molecular complexity index is 744. The van der Waals surface area contributed by atoms with Gasteiger partial charge in [-0.2, -0.15) is 0 Å². The smallest absolute Gasteiger partial charge is 0.159 e. The van der Waals surface area contributed by atoms with Gasteiger partial charge in [-0.1, -0.05) is 18.2 Å². The third-order valence-electron chi connectivity index (χ3n) is 3.37. The fraction of sp³-hybridized carbons (Fsp3) is 0.125. The van der Waals surface area contributed by atoms with Crippen LogP contribution in [0.2, 0.25) is 0 Å². The third-order valence-corrected chi connectivity index (χ3v) is 3.37. The molecule has 0 aliphatic rings. The molecule has 0 bridgehead atoms. The van der Waals surface area contributed by atoms with Crippen LogP contribution in [0.4, 0.5) is 8.78 Å². The van der Waals surface area contributed by atoms with Crippen molar-refractivity contribution in [1.29, 1.82) is 0 Å².